The number of benzene rings is 1. The third kappa shape index (κ3) is 4.37. The molecule has 20 heavy (non-hydrogen) atoms. The molecule has 110 valence electrons. The van der Waals surface area contributed by atoms with Gasteiger partial charge in [0.25, 0.3) is 5.91 Å². The number of rotatable bonds is 5. The summed E-state index contributed by atoms with van der Waals surface area (Å²) >= 11 is 5.90. The minimum absolute atomic E-state index is 0.144. The van der Waals surface area contributed by atoms with Crippen LogP contribution < -0.4 is 10.2 Å². The maximum absolute atomic E-state index is 12.2. The zero-order valence-electron chi connectivity index (χ0n) is 11.5. The van der Waals surface area contributed by atoms with E-state index in [0.717, 1.165) is 0 Å². The van der Waals surface area contributed by atoms with Gasteiger partial charge in [-0.3, -0.25) is 10.2 Å². The molecule has 1 heterocycles. The van der Waals surface area contributed by atoms with E-state index in [2.05, 4.69) is 5.43 Å². The predicted molar refractivity (Wildman–Crippen MR) is 76.7 cm³/mol. The van der Waals surface area contributed by atoms with Crippen molar-refractivity contribution < 1.29 is 14.3 Å². The first-order valence-electron chi connectivity index (χ1n) is 6.74. The second-order valence-electron chi connectivity index (χ2n) is 4.55. The molecule has 0 bridgehead atoms. The Hall–Kier alpha value is -1.30. The number of morpholine rings is 1. The van der Waals surface area contributed by atoms with Crippen molar-refractivity contribution >= 4 is 17.5 Å². The molecule has 0 aromatic heterocycles. The van der Waals surface area contributed by atoms with Gasteiger partial charge in [-0.2, -0.15) is 0 Å². The fourth-order valence-electron chi connectivity index (χ4n) is 1.93. The van der Waals surface area contributed by atoms with Crippen molar-refractivity contribution in [1.82, 2.24) is 10.4 Å². The van der Waals surface area contributed by atoms with Crippen LogP contribution in [0.25, 0.3) is 0 Å². The van der Waals surface area contributed by atoms with Crippen molar-refractivity contribution in [2.75, 3.05) is 26.3 Å². The minimum Gasteiger partial charge on any atom is -0.481 e. The quantitative estimate of drug-likeness (QED) is 0.901. The fourth-order valence-corrected chi connectivity index (χ4v) is 2.11. The summed E-state index contributed by atoms with van der Waals surface area (Å²) in [6.45, 7) is 4.56. The van der Waals surface area contributed by atoms with E-state index in [0.29, 0.717) is 43.5 Å². The number of hydrazine groups is 1. The largest absolute Gasteiger partial charge is 0.481 e. The monoisotopic (exact) mass is 298 g/mol. The average molecular weight is 299 g/mol. The summed E-state index contributed by atoms with van der Waals surface area (Å²) in [7, 11) is 0. The Morgan fingerprint density at radius 1 is 1.50 bits per heavy atom. The molecule has 1 atom stereocenters. The lowest BCUT2D eigenvalue weighted by atomic mass is 10.2. The van der Waals surface area contributed by atoms with Gasteiger partial charge in [-0.25, -0.2) is 5.01 Å². The molecule has 5 nitrogen and oxygen atoms in total. The van der Waals surface area contributed by atoms with Crippen LogP contribution >= 0.6 is 11.6 Å². The number of nitrogens with zero attached hydrogens (tertiary/aromatic N) is 1. The van der Waals surface area contributed by atoms with Gasteiger partial charge in [-0.1, -0.05) is 24.6 Å². The predicted octanol–water partition coefficient (Wildman–Crippen LogP) is 1.86. The number of carbonyl (C=O) groups excluding carboxylic acids is 1. The van der Waals surface area contributed by atoms with Crippen molar-refractivity contribution in [3.8, 4) is 5.75 Å². The topological polar surface area (TPSA) is 50.8 Å². The summed E-state index contributed by atoms with van der Waals surface area (Å²) in [5.74, 6) is 0.454. The smallest absolute Gasteiger partial charge is 0.275 e. The molecule has 2 rings (SSSR count). The van der Waals surface area contributed by atoms with E-state index < -0.39 is 6.10 Å². The molecule has 1 N–H and O–H groups in total. The third-order valence-corrected chi connectivity index (χ3v) is 3.25. The lowest BCUT2D eigenvalue weighted by molar-refractivity contribution is -0.135. The molecule has 0 spiro atoms. The van der Waals surface area contributed by atoms with E-state index in [9.17, 15) is 4.79 Å². The van der Waals surface area contributed by atoms with Gasteiger partial charge in [0.05, 0.1) is 13.2 Å². The molecule has 0 saturated carbocycles. The summed E-state index contributed by atoms with van der Waals surface area (Å²) in [6.07, 6.45) is 0.0548. The maximum atomic E-state index is 12.2. The molecular weight excluding hydrogens is 280 g/mol. The van der Waals surface area contributed by atoms with Gasteiger partial charge in [0.2, 0.25) is 0 Å². The minimum atomic E-state index is -0.531. The first-order valence-corrected chi connectivity index (χ1v) is 7.12. The summed E-state index contributed by atoms with van der Waals surface area (Å²) in [6, 6.07) is 7.05. The van der Waals surface area contributed by atoms with Crippen LogP contribution in [-0.2, 0) is 9.53 Å². The number of nitrogens with one attached hydrogen (secondary N) is 1. The third-order valence-electron chi connectivity index (χ3n) is 3.02. The Bertz CT molecular complexity index is 450. The molecular formula is C14H19ClN2O3. The Kier molecular flexibility index (Phi) is 5.64. The van der Waals surface area contributed by atoms with E-state index >= 15 is 0 Å². The second-order valence-corrected chi connectivity index (χ2v) is 4.98. The highest BCUT2D eigenvalue weighted by Crippen LogP contribution is 2.19. The molecule has 1 aromatic rings. The molecule has 0 unspecified atom stereocenters. The molecule has 0 radical (unpaired) electrons. The van der Waals surface area contributed by atoms with Gasteiger partial charge in [0, 0.05) is 18.1 Å². The van der Waals surface area contributed by atoms with Crippen LogP contribution in [0.2, 0.25) is 5.02 Å². The maximum Gasteiger partial charge on any atom is 0.275 e. The second kappa shape index (κ2) is 7.47. The highest BCUT2D eigenvalue weighted by molar-refractivity contribution is 6.30. The van der Waals surface area contributed by atoms with E-state index in [-0.39, 0.29) is 5.91 Å². The number of hydrogen-bond donors (Lipinski definition) is 1. The van der Waals surface area contributed by atoms with E-state index in [1.807, 2.05) is 11.9 Å². The Morgan fingerprint density at radius 3 is 2.90 bits per heavy atom. The number of amides is 1. The normalized spacial score (nSPS) is 17.5. The molecule has 1 aliphatic rings. The lowest BCUT2D eigenvalue weighted by Gasteiger charge is -2.28. The van der Waals surface area contributed by atoms with Crippen LogP contribution in [0.3, 0.4) is 0 Å². The molecule has 1 saturated heterocycles. The molecule has 1 aliphatic heterocycles. The first-order chi connectivity index (χ1) is 9.69. The van der Waals surface area contributed by atoms with Gasteiger partial charge >= 0.3 is 0 Å². The Balaban J connectivity index is 1.91. The number of hydrogen-bond acceptors (Lipinski definition) is 4. The van der Waals surface area contributed by atoms with Gasteiger partial charge in [0.15, 0.2) is 6.10 Å². The van der Waals surface area contributed by atoms with Gasteiger partial charge < -0.3 is 9.47 Å². The van der Waals surface area contributed by atoms with Crippen LogP contribution in [0.5, 0.6) is 5.75 Å². The van der Waals surface area contributed by atoms with E-state index in [1.165, 1.54) is 0 Å². The number of carbonyl (C=O) groups is 1. The van der Waals surface area contributed by atoms with Crippen molar-refractivity contribution in [3.63, 3.8) is 0 Å². The summed E-state index contributed by atoms with van der Waals surface area (Å²) in [5.41, 5.74) is 2.86. The number of halogens is 1. The average Bonchev–Trinajstić information content (AvgIpc) is 2.46. The SMILES string of the molecule is CC[C@@H](Oc1cccc(Cl)c1)C(=O)NN1CCOCC1. The Labute approximate surface area is 123 Å². The zero-order chi connectivity index (χ0) is 14.4. The van der Waals surface area contributed by atoms with Crippen LogP contribution in [-0.4, -0.2) is 43.3 Å². The fraction of sp³-hybridized carbons (Fsp3) is 0.500. The van der Waals surface area contributed by atoms with Gasteiger partial charge in [-0.05, 0) is 24.6 Å². The number of ether oxygens (including phenoxy) is 2. The zero-order valence-corrected chi connectivity index (χ0v) is 12.2. The molecule has 1 aromatic carbocycles. The van der Waals surface area contributed by atoms with Crippen molar-refractivity contribution in [2.45, 2.75) is 19.4 Å². The van der Waals surface area contributed by atoms with E-state index in [1.54, 1.807) is 24.3 Å². The molecule has 6 heteroatoms. The standard InChI is InChI=1S/C14H19ClN2O3/c1-2-13(20-12-5-3-4-11(15)10-12)14(18)16-17-6-8-19-9-7-17/h3-5,10,13H,2,6-9H2,1H3,(H,16,18)/t13-/m1/s1. The van der Waals surface area contributed by atoms with Crippen molar-refractivity contribution in [3.05, 3.63) is 29.3 Å². The first kappa shape index (κ1) is 15.1. The van der Waals surface area contributed by atoms with Gasteiger partial charge in [-0.15, -0.1) is 0 Å². The lowest BCUT2D eigenvalue weighted by Crippen LogP contribution is -2.52. The van der Waals surface area contributed by atoms with Crippen LogP contribution in [0, 0.1) is 0 Å². The molecule has 1 fully saturated rings. The summed E-state index contributed by atoms with van der Waals surface area (Å²) in [4.78, 5) is 12.2. The van der Waals surface area contributed by atoms with Crippen molar-refractivity contribution in [2.24, 2.45) is 0 Å². The molecule has 0 aliphatic carbocycles. The summed E-state index contributed by atoms with van der Waals surface area (Å²) < 4.78 is 10.9. The highest BCUT2D eigenvalue weighted by Gasteiger charge is 2.21. The van der Waals surface area contributed by atoms with Crippen LogP contribution in [0.4, 0.5) is 0 Å². The molecule has 1 amide bonds. The highest BCUT2D eigenvalue weighted by atomic mass is 35.5. The van der Waals surface area contributed by atoms with E-state index in [4.69, 9.17) is 21.1 Å². The van der Waals surface area contributed by atoms with Crippen molar-refractivity contribution in [1.29, 1.82) is 0 Å². The van der Waals surface area contributed by atoms with Crippen LogP contribution in [0.15, 0.2) is 24.3 Å². The van der Waals surface area contributed by atoms with Crippen LogP contribution in [0.1, 0.15) is 13.3 Å². The summed E-state index contributed by atoms with van der Waals surface area (Å²) in [5, 5.41) is 2.45. The van der Waals surface area contributed by atoms with Gasteiger partial charge in [0.1, 0.15) is 5.75 Å². The Morgan fingerprint density at radius 2 is 2.25 bits per heavy atom.